The summed E-state index contributed by atoms with van der Waals surface area (Å²) in [6, 6.07) is 28.5. The molecular formula is C35H32N4O2. The molecule has 2 aromatic heterocycles. The van der Waals surface area contributed by atoms with E-state index in [1.54, 1.807) is 0 Å². The van der Waals surface area contributed by atoms with Crippen LogP contribution in [0.2, 0.25) is 0 Å². The second kappa shape index (κ2) is 9.84. The lowest BCUT2D eigenvalue weighted by Gasteiger charge is -2.35. The molecule has 6 nitrogen and oxygen atoms in total. The third-order valence-electron chi connectivity index (χ3n) is 8.57. The zero-order chi connectivity index (χ0) is 27.3. The van der Waals surface area contributed by atoms with E-state index in [1.165, 1.54) is 27.5 Å². The normalized spacial score (nSPS) is 15.2. The Hall–Kier alpha value is -4.52. The van der Waals surface area contributed by atoms with Gasteiger partial charge < -0.3 is 24.3 Å². The second-order valence-corrected chi connectivity index (χ2v) is 11.1. The first-order valence-corrected chi connectivity index (χ1v) is 14.4. The molecule has 2 aliphatic heterocycles. The lowest BCUT2D eigenvalue weighted by molar-refractivity contribution is 0.0394. The number of hydrogen-bond donors (Lipinski definition) is 2. The molecule has 6 heteroatoms. The van der Waals surface area contributed by atoms with Crippen LogP contribution in [-0.4, -0.2) is 54.3 Å². The molecular weight excluding hydrogens is 508 g/mol. The van der Waals surface area contributed by atoms with E-state index in [0.717, 1.165) is 84.4 Å². The van der Waals surface area contributed by atoms with Crippen molar-refractivity contribution < 1.29 is 9.47 Å². The Morgan fingerprint density at radius 1 is 0.683 bits per heavy atom. The third kappa shape index (κ3) is 4.36. The number of anilines is 2. The molecule has 2 N–H and O–H groups in total. The highest BCUT2D eigenvalue weighted by molar-refractivity contribution is 5.90. The van der Waals surface area contributed by atoms with Crippen molar-refractivity contribution in [2.75, 3.05) is 44.3 Å². The molecule has 4 aromatic carbocycles. The number of nitrogens with one attached hydrogen (secondary N) is 2. The van der Waals surface area contributed by atoms with Crippen LogP contribution in [0.25, 0.3) is 44.1 Å². The van der Waals surface area contributed by atoms with Crippen molar-refractivity contribution in [3.05, 3.63) is 96.8 Å². The zero-order valence-electron chi connectivity index (χ0n) is 23.1. The van der Waals surface area contributed by atoms with Crippen molar-refractivity contribution in [3.8, 4) is 33.8 Å². The molecule has 0 spiro atoms. The van der Waals surface area contributed by atoms with E-state index in [4.69, 9.17) is 9.47 Å². The van der Waals surface area contributed by atoms with E-state index in [2.05, 4.69) is 112 Å². The number of aryl methyl sites for hydroxylation is 1. The minimum Gasteiger partial charge on any atom is -0.453 e. The fraction of sp³-hybridized carbons (Fsp3) is 0.200. The van der Waals surface area contributed by atoms with E-state index in [9.17, 15) is 0 Å². The van der Waals surface area contributed by atoms with E-state index < -0.39 is 0 Å². The maximum Gasteiger partial charge on any atom is 0.151 e. The van der Waals surface area contributed by atoms with Crippen molar-refractivity contribution in [1.29, 1.82) is 0 Å². The molecule has 41 heavy (non-hydrogen) atoms. The van der Waals surface area contributed by atoms with Crippen molar-refractivity contribution in [1.82, 2.24) is 14.9 Å². The van der Waals surface area contributed by atoms with Gasteiger partial charge in [0.05, 0.1) is 24.6 Å². The smallest absolute Gasteiger partial charge is 0.151 e. The maximum atomic E-state index is 6.70. The molecule has 0 unspecified atom stereocenters. The van der Waals surface area contributed by atoms with Gasteiger partial charge >= 0.3 is 0 Å². The Bertz CT molecular complexity index is 1900. The Balaban J connectivity index is 1.18. The van der Waals surface area contributed by atoms with Crippen LogP contribution in [-0.2, 0) is 4.74 Å². The summed E-state index contributed by atoms with van der Waals surface area (Å²) < 4.78 is 12.3. The highest BCUT2D eigenvalue weighted by atomic mass is 16.5. The number of rotatable bonds is 5. The summed E-state index contributed by atoms with van der Waals surface area (Å²) in [5.74, 6) is 1.78. The van der Waals surface area contributed by atoms with E-state index >= 15 is 0 Å². The fourth-order valence-electron chi connectivity index (χ4n) is 6.22. The molecule has 0 radical (unpaired) electrons. The fourth-order valence-corrected chi connectivity index (χ4v) is 6.22. The Labute approximate surface area is 239 Å². The highest BCUT2D eigenvalue weighted by Crippen LogP contribution is 2.49. The number of morpholine rings is 1. The number of aromatic amines is 2. The monoisotopic (exact) mass is 540 g/mol. The van der Waals surface area contributed by atoms with Gasteiger partial charge in [-0.3, -0.25) is 4.90 Å². The van der Waals surface area contributed by atoms with E-state index in [-0.39, 0.29) is 0 Å². The number of H-pyrrole nitrogens is 2. The van der Waals surface area contributed by atoms with Gasteiger partial charge in [-0.25, -0.2) is 0 Å². The van der Waals surface area contributed by atoms with Crippen molar-refractivity contribution in [2.24, 2.45) is 0 Å². The summed E-state index contributed by atoms with van der Waals surface area (Å²) in [5.41, 5.74) is 10.4. The maximum absolute atomic E-state index is 6.70. The van der Waals surface area contributed by atoms with Crippen LogP contribution in [0.1, 0.15) is 5.56 Å². The molecule has 0 amide bonds. The number of fused-ring (bicyclic) bond motifs is 4. The topological polar surface area (TPSA) is 56.5 Å². The number of nitrogens with zero attached hydrogens (tertiary/aromatic N) is 2. The van der Waals surface area contributed by atoms with E-state index in [1.807, 2.05) is 6.20 Å². The minimum absolute atomic E-state index is 0.805. The molecule has 1 saturated heterocycles. The van der Waals surface area contributed by atoms with Crippen molar-refractivity contribution in [3.63, 3.8) is 0 Å². The third-order valence-corrected chi connectivity index (χ3v) is 8.57. The van der Waals surface area contributed by atoms with Gasteiger partial charge in [0.2, 0.25) is 0 Å². The lowest BCUT2D eigenvalue weighted by atomic mass is 10.00. The first-order chi connectivity index (χ1) is 20.2. The average molecular weight is 541 g/mol. The van der Waals surface area contributed by atoms with Gasteiger partial charge in [0, 0.05) is 55.0 Å². The summed E-state index contributed by atoms with van der Waals surface area (Å²) in [7, 11) is 0. The van der Waals surface area contributed by atoms with Crippen LogP contribution in [0.3, 0.4) is 0 Å². The molecule has 6 aromatic rings. The molecule has 204 valence electrons. The quantitative estimate of drug-likeness (QED) is 0.234. The molecule has 4 heterocycles. The van der Waals surface area contributed by atoms with Gasteiger partial charge in [0.15, 0.2) is 11.5 Å². The summed E-state index contributed by atoms with van der Waals surface area (Å²) in [6.45, 7) is 7.56. The molecule has 8 rings (SSSR count). The average Bonchev–Trinajstić information content (AvgIpc) is 3.65. The van der Waals surface area contributed by atoms with Crippen LogP contribution < -0.4 is 9.64 Å². The van der Waals surface area contributed by atoms with Gasteiger partial charge in [-0.1, -0.05) is 24.3 Å². The van der Waals surface area contributed by atoms with Crippen LogP contribution in [0.15, 0.2) is 91.3 Å². The predicted molar refractivity (Wildman–Crippen MR) is 167 cm³/mol. The Morgan fingerprint density at radius 2 is 1.34 bits per heavy atom. The molecule has 0 saturated carbocycles. The van der Waals surface area contributed by atoms with Crippen molar-refractivity contribution in [2.45, 2.75) is 6.92 Å². The van der Waals surface area contributed by atoms with Crippen LogP contribution in [0, 0.1) is 6.92 Å². The molecule has 1 fully saturated rings. The van der Waals surface area contributed by atoms with Gasteiger partial charge in [-0.05, 0) is 94.7 Å². The van der Waals surface area contributed by atoms with Crippen LogP contribution >= 0.6 is 0 Å². The highest BCUT2D eigenvalue weighted by Gasteiger charge is 2.26. The minimum atomic E-state index is 0.805. The molecule has 2 aliphatic rings. The largest absolute Gasteiger partial charge is 0.453 e. The lowest BCUT2D eigenvalue weighted by Crippen LogP contribution is -2.41. The molecule has 0 bridgehead atoms. The number of benzene rings is 4. The number of ether oxygens (including phenoxy) is 2. The van der Waals surface area contributed by atoms with Gasteiger partial charge in [-0.15, -0.1) is 0 Å². The Kier molecular flexibility index (Phi) is 5.83. The number of aromatic nitrogens is 2. The molecule has 0 aliphatic carbocycles. The molecule has 0 atom stereocenters. The number of hydrogen-bond acceptors (Lipinski definition) is 4. The van der Waals surface area contributed by atoms with Gasteiger partial charge in [-0.2, -0.15) is 0 Å². The SMILES string of the molecule is Cc1c[nH]c2ccc(-c3ccc4c(c3)Oc3cc(-c5ccc6[nH]ccc6c5)ccc3N4CCN3CCOCC3)cc12. The van der Waals surface area contributed by atoms with E-state index in [0.29, 0.717) is 0 Å². The van der Waals surface area contributed by atoms with Gasteiger partial charge in [0.1, 0.15) is 0 Å². The predicted octanol–water partition coefficient (Wildman–Crippen LogP) is 7.87. The summed E-state index contributed by atoms with van der Waals surface area (Å²) in [5, 5.41) is 2.46. The Morgan fingerprint density at radius 3 is 2.10 bits per heavy atom. The summed E-state index contributed by atoms with van der Waals surface area (Å²) >= 11 is 0. The van der Waals surface area contributed by atoms with Crippen molar-refractivity contribution >= 4 is 33.2 Å². The van der Waals surface area contributed by atoms with Gasteiger partial charge in [0.25, 0.3) is 0 Å². The zero-order valence-corrected chi connectivity index (χ0v) is 23.1. The standard InChI is InChI=1S/C35H32N4O2/c1-23-22-37-31-7-3-25(19-29(23)31)27-5-9-33-35(21-27)41-34-20-26(24-2-6-30-28(18-24)10-11-36-30)4-8-32(34)39(33)13-12-38-14-16-40-17-15-38/h2-11,18-22,36-37H,12-17H2,1H3. The van der Waals surface area contributed by atoms with Crippen LogP contribution in [0.5, 0.6) is 11.5 Å². The first kappa shape index (κ1) is 24.3. The van der Waals surface area contributed by atoms with Crippen LogP contribution in [0.4, 0.5) is 11.4 Å². The summed E-state index contributed by atoms with van der Waals surface area (Å²) in [4.78, 5) is 11.6. The summed E-state index contributed by atoms with van der Waals surface area (Å²) in [6.07, 6.45) is 4.06. The second-order valence-electron chi connectivity index (χ2n) is 11.1. The first-order valence-electron chi connectivity index (χ1n) is 14.4.